The van der Waals surface area contributed by atoms with Gasteiger partial charge in [0, 0.05) is 25.7 Å². The van der Waals surface area contributed by atoms with E-state index in [0.29, 0.717) is 25.7 Å². The number of phosphoric acid groups is 2. The summed E-state index contributed by atoms with van der Waals surface area (Å²) in [5.74, 6) is 0.913. The molecule has 0 aliphatic rings. The van der Waals surface area contributed by atoms with Crippen molar-refractivity contribution in [2.75, 3.05) is 39.6 Å². The predicted octanol–water partition coefficient (Wildman–Crippen LogP) is 22.0. The second kappa shape index (κ2) is 65.4. The Bertz CT molecular complexity index is 1870. The zero-order valence-corrected chi connectivity index (χ0v) is 64.1. The molecule has 19 heteroatoms. The van der Waals surface area contributed by atoms with Crippen molar-refractivity contribution in [3.8, 4) is 0 Å². The first-order chi connectivity index (χ1) is 45.7. The maximum Gasteiger partial charge on any atom is 0.472 e. The SMILES string of the molecule is CCC(C)CCCCCCCCC(=O)OC[C@H](COP(=O)(O)OC[C@H](O)COP(=O)(O)OC[C@@H](COC(=O)CCCCCCCCCCCCCCCCCCCCC(C)C)OC(=O)CCCCCCCCCCCCCC(C)C)OC(=O)CCCCCCCCC(C)CC. The standard InChI is InChI=1S/C76H148O17P2/c1-9-68(7)54-46-38-32-34-41-49-57-74(79)87-63-72(93-76(81)59-51-43-35-33-39-47-55-69(8)10-2)65-91-95(84,85)89-61-70(77)60-88-94(82,83)90-64-71(92-75(80)58-50-42-31-27-23-19-21-25-29-37-45-53-67(5)6)62-86-73(78)56-48-40-30-26-22-18-16-14-12-11-13-15-17-20-24-28-36-44-52-66(3)4/h66-72,77H,9-65H2,1-8H3,(H,82,83)(H,84,85)/t68?,69?,70-,71-,72-/m1/s1. The number of rotatable bonds is 73. The molecule has 7 atom stereocenters. The van der Waals surface area contributed by atoms with Crippen molar-refractivity contribution < 1.29 is 80.2 Å². The van der Waals surface area contributed by atoms with Crippen LogP contribution in [0, 0.1) is 23.7 Å². The highest BCUT2D eigenvalue weighted by atomic mass is 31.2. The van der Waals surface area contributed by atoms with Crippen LogP contribution in [-0.4, -0.2) is 96.7 Å². The van der Waals surface area contributed by atoms with E-state index in [0.717, 1.165) is 120 Å². The summed E-state index contributed by atoms with van der Waals surface area (Å²) in [4.78, 5) is 72.7. The summed E-state index contributed by atoms with van der Waals surface area (Å²) in [6.07, 6.45) is 50.2. The van der Waals surface area contributed by atoms with Gasteiger partial charge in [0.15, 0.2) is 12.2 Å². The second-order valence-electron chi connectivity index (χ2n) is 28.8. The molecule has 0 saturated carbocycles. The van der Waals surface area contributed by atoms with Crippen LogP contribution < -0.4 is 0 Å². The molecule has 3 N–H and O–H groups in total. The van der Waals surface area contributed by atoms with E-state index in [-0.39, 0.29) is 25.7 Å². The fourth-order valence-corrected chi connectivity index (χ4v) is 13.1. The van der Waals surface area contributed by atoms with Crippen molar-refractivity contribution in [1.82, 2.24) is 0 Å². The third-order valence-corrected chi connectivity index (χ3v) is 20.2. The van der Waals surface area contributed by atoms with E-state index in [2.05, 4.69) is 55.4 Å². The van der Waals surface area contributed by atoms with Crippen LogP contribution in [0.3, 0.4) is 0 Å². The van der Waals surface area contributed by atoms with Crippen LogP contribution in [-0.2, 0) is 65.4 Å². The molecule has 564 valence electrons. The minimum atomic E-state index is -4.96. The maximum absolute atomic E-state index is 13.1. The monoisotopic (exact) mass is 1400 g/mol. The maximum atomic E-state index is 13.1. The number of unbranched alkanes of at least 4 members (excludes halogenated alkanes) is 37. The topological polar surface area (TPSA) is 237 Å². The van der Waals surface area contributed by atoms with Crippen molar-refractivity contribution in [2.45, 2.75) is 401 Å². The van der Waals surface area contributed by atoms with Crippen LogP contribution in [0.2, 0.25) is 0 Å². The Morgan fingerprint density at radius 3 is 0.747 bits per heavy atom. The first kappa shape index (κ1) is 93.1. The number of hydrogen-bond acceptors (Lipinski definition) is 15. The summed E-state index contributed by atoms with van der Waals surface area (Å²) >= 11 is 0. The highest BCUT2D eigenvalue weighted by Gasteiger charge is 2.30. The van der Waals surface area contributed by atoms with Gasteiger partial charge in [0.25, 0.3) is 0 Å². The lowest BCUT2D eigenvalue weighted by Crippen LogP contribution is -2.30. The van der Waals surface area contributed by atoms with E-state index in [1.807, 2.05) is 0 Å². The Labute approximate surface area is 581 Å². The van der Waals surface area contributed by atoms with Crippen LogP contribution >= 0.6 is 15.6 Å². The zero-order valence-electron chi connectivity index (χ0n) is 62.3. The molecule has 0 aromatic rings. The number of aliphatic hydroxyl groups excluding tert-OH is 1. The van der Waals surface area contributed by atoms with Gasteiger partial charge in [-0.15, -0.1) is 0 Å². The van der Waals surface area contributed by atoms with E-state index in [1.165, 1.54) is 180 Å². The molecule has 0 rings (SSSR count). The van der Waals surface area contributed by atoms with Crippen LogP contribution in [0.25, 0.3) is 0 Å². The number of esters is 4. The van der Waals surface area contributed by atoms with E-state index in [4.69, 9.17) is 37.0 Å². The zero-order chi connectivity index (χ0) is 70.3. The fourth-order valence-electron chi connectivity index (χ4n) is 11.5. The molecule has 0 spiro atoms. The molecule has 0 saturated heterocycles. The van der Waals surface area contributed by atoms with Gasteiger partial charge >= 0.3 is 39.5 Å². The smallest absolute Gasteiger partial charge is 0.462 e. The number of phosphoric ester groups is 2. The van der Waals surface area contributed by atoms with Crippen molar-refractivity contribution in [3.63, 3.8) is 0 Å². The molecule has 0 aliphatic heterocycles. The minimum Gasteiger partial charge on any atom is -0.462 e. The number of aliphatic hydroxyl groups is 1. The molecule has 17 nitrogen and oxygen atoms in total. The first-order valence-electron chi connectivity index (χ1n) is 39.3. The Morgan fingerprint density at radius 1 is 0.295 bits per heavy atom. The molecule has 0 aromatic heterocycles. The van der Waals surface area contributed by atoms with Gasteiger partial charge in [-0.2, -0.15) is 0 Å². The Hall–Kier alpha value is -1.94. The molecule has 95 heavy (non-hydrogen) atoms. The third kappa shape index (κ3) is 67.6. The van der Waals surface area contributed by atoms with Gasteiger partial charge in [0.05, 0.1) is 26.4 Å². The van der Waals surface area contributed by atoms with Crippen LogP contribution in [0.15, 0.2) is 0 Å². The second-order valence-corrected chi connectivity index (χ2v) is 31.7. The molecule has 0 heterocycles. The molecular formula is C76H148O17P2. The number of carbonyl (C=O) groups is 4. The molecule has 0 aliphatic carbocycles. The molecule has 0 radical (unpaired) electrons. The van der Waals surface area contributed by atoms with E-state index < -0.39 is 97.5 Å². The summed E-state index contributed by atoms with van der Waals surface area (Å²) in [5, 5.41) is 10.6. The molecule has 4 unspecified atom stereocenters. The predicted molar refractivity (Wildman–Crippen MR) is 386 cm³/mol. The normalized spacial score (nSPS) is 14.7. The molecular weight excluding hydrogens is 1250 g/mol. The highest BCUT2D eigenvalue weighted by molar-refractivity contribution is 7.47. The Morgan fingerprint density at radius 2 is 0.505 bits per heavy atom. The first-order valence-corrected chi connectivity index (χ1v) is 42.3. The Kier molecular flexibility index (Phi) is 64.0. The quantitative estimate of drug-likeness (QED) is 0.0222. The fraction of sp³-hybridized carbons (Fsp3) is 0.947. The van der Waals surface area contributed by atoms with Crippen molar-refractivity contribution in [1.29, 1.82) is 0 Å². The lowest BCUT2D eigenvalue weighted by Gasteiger charge is -2.21. The van der Waals surface area contributed by atoms with Gasteiger partial charge in [-0.05, 0) is 49.4 Å². The molecule has 0 fully saturated rings. The summed E-state index contributed by atoms with van der Waals surface area (Å²) in [7, 11) is -9.91. The average Bonchev–Trinajstić information content (AvgIpc) is 2.20. The highest BCUT2D eigenvalue weighted by Crippen LogP contribution is 2.45. The lowest BCUT2D eigenvalue weighted by molar-refractivity contribution is -0.161. The van der Waals surface area contributed by atoms with E-state index >= 15 is 0 Å². The number of hydrogen-bond donors (Lipinski definition) is 3. The summed E-state index contributed by atoms with van der Waals surface area (Å²) in [5.41, 5.74) is 0. The summed E-state index contributed by atoms with van der Waals surface area (Å²) < 4.78 is 68.4. The van der Waals surface area contributed by atoms with Gasteiger partial charge in [0.2, 0.25) is 0 Å². The van der Waals surface area contributed by atoms with Crippen LogP contribution in [0.4, 0.5) is 0 Å². The van der Waals surface area contributed by atoms with Crippen LogP contribution in [0.5, 0.6) is 0 Å². The number of carbonyl (C=O) groups excluding carboxylic acids is 4. The minimum absolute atomic E-state index is 0.102. The summed E-state index contributed by atoms with van der Waals surface area (Å²) in [6, 6.07) is 0. The van der Waals surface area contributed by atoms with Gasteiger partial charge in [-0.25, -0.2) is 9.13 Å². The Balaban J connectivity index is 5.18. The third-order valence-electron chi connectivity index (χ3n) is 18.3. The van der Waals surface area contributed by atoms with E-state index in [9.17, 15) is 43.2 Å². The lowest BCUT2D eigenvalue weighted by atomic mass is 10.00. The van der Waals surface area contributed by atoms with Gasteiger partial charge in [-0.1, -0.05) is 331 Å². The van der Waals surface area contributed by atoms with E-state index in [1.54, 1.807) is 0 Å². The molecule has 0 bridgehead atoms. The number of ether oxygens (including phenoxy) is 4. The van der Waals surface area contributed by atoms with Gasteiger partial charge in [-0.3, -0.25) is 37.3 Å². The van der Waals surface area contributed by atoms with Gasteiger partial charge < -0.3 is 33.8 Å². The van der Waals surface area contributed by atoms with Crippen LogP contribution in [0.1, 0.15) is 383 Å². The molecule has 0 amide bonds. The molecule has 0 aromatic carbocycles. The van der Waals surface area contributed by atoms with Crippen molar-refractivity contribution in [3.05, 3.63) is 0 Å². The van der Waals surface area contributed by atoms with Gasteiger partial charge in [0.1, 0.15) is 19.3 Å². The summed E-state index contributed by atoms with van der Waals surface area (Å²) in [6.45, 7) is 14.1. The van der Waals surface area contributed by atoms with Crippen molar-refractivity contribution >= 4 is 39.5 Å². The largest absolute Gasteiger partial charge is 0.472 e. The van der Waals surface area contributed by atoms with Crippen molar-refractivity contribution in [2.24, 2.45) is 23.7 Å². The average molecular weight is 1400 g/mol.